The lowest BCUT2D eigenvalue weighted by atomic mass is 10.1. The molecular weight excluding hydrogens is 310 g/mol. The van der Waals surface area contributed by atoms with Gasteiger partial charge in [-0.3, -0.25) is 9.59 Å². The Morgan fingerprint density at radius 2 is 1.88 bits per heavy atom. The number of amides is 1. The molecule has 2 aromatic rings. The number of fused-ring (bicyclic) bond motifs is 1. The van der Waals surface area contributed by atoms with E-state index in [-0.39, 0.29) is 18.1 Å². The fourth-order valence-electron chi connectivity index (χ4n) is 2.26. The van der Waals surface area contributed by atoms with E-state index in [1.165, 1.54) is 0 Å². The van der Waals surface area contributed by atoms with Gasteiger partial charge in [-0.2, -0.15) is 0 Å². The van der Waals surface area contributed by atoms with E-state index in [0.29, 0.717) is 17.1 Å². The van der Waals surface area contributed by atoms with Gasteiger partial charge >= 0.3 is 0 Å². The average Bonchev–Trinajstić information content (AvgIpc) is 2.89. The molecule has 24 heavy (non-hydrogen) atoms. The molecule has 0 saturated carbocycles. The van der Waals surface area contributed by atoms with Crippen LogP contribution in [0.5, 0.6) is 17.2 Å². The van der Waals surface area contributed by atoms with Crippen LogP contribution in [-0.2, 0) is 4.79 Å². The lowest BCUT2D eigenvalue weighted by Gasteiger charge is -2.04. The van der Waals surface area contributed by atoms with Crippen molar-refractivity contribution in [3.8, 4) is 17.2 Å². The van der Waals surface area contributed by atoms with Crippen LogP contribution in [0.15, 0.2) is 48.2 Å². The number of hydrogen-bond acceptors (Lipinski definition) is 5. The second kappa shape index (κ2) is 6.45. The van der Waals surface area contributed by atoms with E-state index < -0.39 is 5.91 Å². The Morgan fingerprint density at radius 3 is 2.54 bits per heavy atom. The predicted octanol–water partition coefficient (Wildman–Crippen LogP) is 2.18. The van der Waals surface area contributed by atoms with Gasteiger partial charge in [0.15, 0.2) is 12.4 Å². The molecule has 3 rings (SSSR count). The monoisotopic (exact) mass is 325 g/mol. The topological polar surface area (TPSA) is 87.8 Å². The third-order valence-corrected chi connectivity index (χ3v) is 3.44. The smallest absolute Gasteiger partial charge is 0.255 e. The number of ketones is 1. The fraction of sp³-hybridized carbons (Fsp3) is 0.111. The standard InChI is InChI=1S/C18H15NO5/c1-22-12-4-2-11(3-5-12)8-16-18(21)14-7-6-13(9-15(14)24-16)23-10-17(19)20/h2-9H,10H2,1H3,(H2,19,20). The minimum atomic E-state index is -0.576. The van der Waals surface area contributed by atoms with Crippen molar-refractivity contribution >= 4 is 17.8 Å². The third kappa shape index (κ3) is 3.22. The molecule has 2 aromatic carbocycles. The summed E-state index contributed by atoms with van der Waals surface area (Å²) in [6, 6.07) is 12.0. The SMILES string of the molecule is COc1ccc(C=C2Oc3cc(OCC(N)=O)ccc3C2=O)cc1. The highest BCUT2D eigenvalue weighted by molar-refractivity contribution is 6.14. The molecule has 122 valence electrons. The van der Waals surface area contributed by atoms with Gasteiger partial charge in [-0.05, 0) is 35.9 Å². The molecule has 0 saturated heterocycles. The van der Waals surface area contributed by atoms with Gasteiger partial charge in [-0.1, -0.05) is 12.1 Å². The van der Waals surface area contributed by atoms with Crippen LogP contribution >= 0.6 is 0 Å². The molecule has 1 amide bonds. The predicted molar refractivity (Wildman–Crippen MR) is 87.1 cm³/mol. The number of carbonyl (C=O) groups excluding carboxylic acids is 2. The van der Waals surface area contributed by atoms with Crippen molar-refractivity contribution in [1.29, 1.82) is 0 Å². The Bertz CT molecular complexity index is 824. The Labute approximate surface area is 138 Å². The summed E-state index contributed by atoms with van der Waals surface area (Å²) in [6.45, 7) is -0.235. The van der Waals surface area contributed by atoms with Crippen molar-refractivity contribution < 1.29 is 23.8 Å². The van der Waals surface area contributed by atoms with E-state index in [2.05, 4.69) is 0 Å². The summed E-state index contributed by atoms with van der Waals surface area (Å²) in [7, 11) is 1.59. The number of methoxy groups -OCH3 is 1. The number of rotatable bonds is 5. The third-order valence-electron chi connectivity index (χ3n) is 3.44. The van der Waals surface area contributed by atoms with E-state index in [0.717, 1.165) is 11.3 Å². The maximum atomic E-state index is 12.4. The molecule has 6 nitrogen and oxygen atoms in total. The highest BCUT2D eigenvalue weighted by Gasteiger charge is 2.27. The first-order valence-corrected chi connectivity index (χ1v) is 7.20. The average molecular weight is 325 g/mol. The highest BCUT2D eigenvalue weighted by atomic mass is 16.5. The maximum Gasteiger partial charge on any atom is 0.255 e. The van der Waals surface area contributed by atoms with Gasteiger partial charge in [0.1, 0.15) is 17.2 Å². The lowest BCUT2D eigenvalue weighted by molar-refractivity contribution is -0.119. The fourth-order valence-corrected chi connectivity index (χ4v) is 2.26. The van der Waals surface area contributed by atoms with Crippen LogP contribution < -0.4 is 19.9 Å². The second-order valence-corrected chi connectivity index (χ2v) is 5.13. The van der Waals surface area contributed by atoms with E-state index >= 15 is 0 Å². The van der Waals surface area contributed by atoms with Gasteiger partial charge in [0.2, 0.25) is 5.78 Å². The van der Waals surface area contributed by atoms with E-state index in [4.69, 9.17) is 19.9 Å². The van der Waals surface area contributed by atoms with Crippen molar-refractivity contribution in [3.63, 3.8) is 0 Å². The van der Waals surface area contributed by atoms with Crippen molar-refractivity contribution in [2.45, 2.75) is 0 Å². The molecule has 0 spiro atoms. The molecule has 0 bridgehead atoms. The maximum absolute atomic E-state index is 12.4. The van der Waals surface area contributed by atoms with Gasteiger partial charge in [0, 0.05) is 6.07 Å². The normalized spacial score (nSPS) is 14.2. The minimum absolute atomic E-state index is 0.206. The molecule has 0 radical (unpaired) electrons. The van der Waals surface area contributed by atoms with Gasteiger partial charge in [-0.15, -0.1) is 0 Å². The summed E-state index contributed by atoms with van der Waals surface area (Å²) in [5.74, 6) is 0.972. The number of hydrogen-bond donors (Lipinski definition) is 1. The van der Waals surface area contributed by atoms with Crippen LogP contribution in [0.1, 0.15) is 15.9 Å². The molecule has 1 aliphatic heterocycles. The van der Waals surface area contributed by atoms with Gasteiger partial charge in [0.25, 0.3) is 5.91 Å². The quantitative estimate of drug-likeness (QED) is 0.851. The molecule has 0 aliphatic carbocycles. The molecule has 0 atom stereocenters. The van der Waals surface area contributed by atoms with Crippen LogP contribution in [-0.4, -0.2) is 25.4 Å². The van der Waals surface area contributed by atoms with Crippen LogP contribution in [0.25, 0.3) is 6.08 Å². The zero-order valence-electron chi connectivity index (χ0n) is 12.9. The summed E-state index contributed by atoms with van der Waals surface area (Å²) in [5.41, 5.74) is 6.30. The molecule has 1 heterocycles. The summed E-state index contributed by atoms with van der Waals surface area (Å²) < 4.78 is 15.9. The minimum Gasteiger partial charge on any atom is -0.497 e. The molecule has 0 unspecified atom stereocenters. The molecular formula is C18H15NO5. The number of nitrogens with two attached hydrogens (primary N) is 1. The zero-order valence-corrected chi connectivity index (χ0v) is 12.9. The molecule has 1 aliphatic rings. The first-order valence-electron chi connectivity index (χ1n) is 7.20. The first kappa shape index (κ1) is 15.6. The van der Waals surface area contributed by atoms with Crippen LogP contribution in [0.4, 0.5) is 0 Å². The summed E-state index contributed by atoms with van der Waals surface area (Å²) in [6.07, 6.45) is 1.66. The highest BCUT2D eigenvalue weighted by Crippen LogP contribution is 2.34. The first-order chi connectivity index (χ1) is 11.6. The van der Waals surface area contributed by atoms with Crippen LogP contribution in [0.2, 0.25) is 0 Å². The van der Waals surface area contributed by atoms with Crippen molar-refractivity contribution in [2.24, 2.45) is 5.73 Å². The Morgan fingerprint density at radius 1 is 1.17 bits per heavy atom. The van der Waals surface area contributed by atoms with Gasteiger partial charge in [0.05, 0.1) is 12.7 Å². The summed E-state index contributed by atoms with van der Waals surface area (Å²) in [4.78, 5) is 23.1. The number of carbonyl (C=O) groups is 2. The largest absolute Gasteiger partial charge is 0.497 e. The van der Waals surface area contributed by atoms with E-state index in [1.54, 1.807) is 43.5 Å². The Kier molecular flexibility index (Phi) is 4.20. The van der Waals surface area contributed by atoms with Crippen molar-refractivity contribution in [2.75, 3.05) is 13.7 Å². The van der Waals surface area contributed by atoms with E-state index in [9.17, 15) is 9.59 Å². The number of benzene rings is 2. The molecule has 2 N–H and O–H groups in total. The van der Waals surface area contributed by atoms with Gasteiger partial charge in [-0.25, -0.2) is 0 Å². The summed E-state index contributed by atoms with van der Waals surface area (Å²) in [5, 5.41) is 0. The summed E-state index contributed by atoms with van der Waals surface area (Å²) >= 11 is 0. The number of Topliss-reactive ketones (excluding diaryl/α,β-unsaturated/α-hetero) is 1. The van der Waals surface area contributed by atoms with E-state index in [1.807, 2.05) is 12.1 Å². The number of primary amides is 1. The van der Waals surface area contributed by atoms with Crippen molar-refractivity contribution in [1.82, 2.24) is 0 Å². The second-order valence-electron chi connectivity index (χ2n) is 5.13. The van der Waals surface area contributed by atoms with Gasteiger partial charge < -0.3 is 19.9 Å². The molecule has 0 fully saturated rings. The molecule has 6 heteroatoms. The number of ether oxygens (including phenoxy) is 3. The number of allylic oxidation sites excluding steroid dienone is 1. The van der Waals surface area contributed by atoms with Crippen LogP contribution in [0.3, 0.4) is 0 Å². The Balaban J connectivity index is 1.81. The Hall–Kier alpha value is -3.28. The molecule has 0 aromatic heterocycles. The van der Waals surface area contributed by atoms with Crippen molar-refractivity contribution in [3.05, 3.63) is 59.4 Å². The zero-order chi connectivity index (χ0) is 17.1. The lowest BCUT2D eigenvalue weighted by Crippen LogP contribution is -2.19. The van der Waals surface area contributed by atoms with Crippen LogP contribution in [0, 0.1) is 0 Å².